The SMILES string of the molecule is CCOC(=N)CC1CCOC1. The third kappa shape index (κ3) is 2.89. The molecule has 0 bridgehead atoms. The van der Waals surface area contributed by atoms with Gasteiger partial charge in [0.2, 0.25) is 0 Å². The van der Waals surface area contributed by atoms with Gasteiger partial charge in [0, 0.05) is 19.6 Å². The van der Waals surface area contributed by atoms with Crippen LogP contribution < -0.4 is 0 Å². The Kier molecular flexibility index (Phi) is 3.36. The van der Waals surface area contributed by atoms with E-state index in [2.05, 4.69) is 0 Å². The van der Waals surface area contributed by atoms with Crippen molar-refractivity contribution < 1.29 is 9.47 Å². The molecular formula is C8H15NO2. The predicted octanol–water partition coefficient (Wildman–Crippen LogP) is 1.43. The van der Waals surface area contributed by atoms with Crippen LogP contribution in [0.4, 0.5) is 0 Å². The molecule has 0 aromatic heterocycles. The summed E-state index contributed by atoms with van der Waals surface area (Å²) in [4.78, 5) is 0. The van der Waals surface area contributed by atoms with Crippen molar-refractivity contribution in [3.63, 3.8) is 0 Å². The van der Waals surface area contributed by atoms with Crippen molar-refractivity contribution in [2.75, 3.05) is 19.8 Å². The van der Waals surface area contributed by atoms with E-state index in [0.29, 0.717) is 18.4 Å². The summed E-state index contributed by atoms with van der Waals surface area (Å²) in [5.41, 5.74) is 0. The van der Waals surface area contributed by atoms with Crippen LogP contribution in [-0.4, -0.2) is 25.7 Å². The van der Waals surface area contributed by atoms with E-state index in [1.807, 2.05) is 6.92 Å². The Morgan fingerprint density at radius 2 is 2.55 bits per heavy atom. The van der Waals surface area contributed by atoms with Crippen LogP contribution >= 0.6 is 0 Å². The van der Waals surface area contributed by atoms with Crippen molar-refractivity contribution in [2.45, 2.75) is 19.8 Å². The molecule has 11 heavy (non-hydrogen) atoms. The molecule has 1 rings (SSSR count). The third-order valence-electron chi connectivity index (χ3n) is 1.82. The average Bonchev–Trinajstić information content (AvgIpc) is 2.40. The second-order valence-electron chi connectivity index (χ2n) is 2.79. The van der Waals surface area contributed by atoms with Crippen molar-refractivity contribution >= 4 is 5.90 Å². The number of hydrogen-bond donors (Lipinski definition) is 1. The van der Waals surface area contributed by atoms with Crippen LogP contribution in [0, 0.1) is 11.3 Å². The van der Waals surface area contributed by atoms with Crippen LogP contribution in [0.25, 0.3) is 0 Å². The molecule has 1 unspecified atom stereocenters. The fourth-order valence-electron chi connectivity index (χ4n) is 1.24. The van der Waals surface area contributed by atoms with Crippen molar-refractivity contribution in [1.82, 2.24) is 0 Å². The van der Waals surface area contributed by atoms with E-state index in [0.717, 1.165) is 26.1 Å². The van der Waals surface area contributed by atoms with Gasteiger partial charge < -0.3 is 9.47 Å². The highest BCUT2D eigenvalue weighted by atomic mass is 16.5. The quantitative estimate of drug-likeness (QED) is 0.497. The molecule has 1 atom stereocenters. The molecule has 1 N–H and O–H groups in total. The van der Waals surface area contributed by atoms with E-state index < -0.39 is 0 Å². The van der Waals surface area contributed by atoms with Gasteiger partial charge in [-0.15, -0.1) is 0 Å². The third-order valence-corrected chi connectivity index (χ3v) is 1.82. The first kappa shape index (κ1) is 8.53. The van der Waals surface area contributed by atoms with Gasteiger partial charge >= 0.3 is 0 Å². The topological polar surface area (TPSA) is 42.3 Å². The number of rotatable bonds is 3. The molecule has 1 aliphatic heterocycles. The highest BCUT2D eigenvalue weighted by Crippen LogP contribution is 2.16. The highest BCUT2D eigenvalue weighted by molar-refractivity contribution is 5.72. The maximum Gasteiger partial charge on any atom is 0.180 e. The molecule has 3 nitrogen and oxygen atoms in total. The van der Waals surface area contributed by atoms with Crippen LogP contribution in [0.2, 0.25) is 0 Å². The zero-order chi connectivity index (χ0) is 8.10. The average molecular weight is 157 g/mol. The van der Waals surface area contributed by atoms with Gasteiger partial charge in [-0.2, -0.15) is 0 Å². The second kappa shape index (κ2) is 4.34. The lowest BCUT2D eigenvalue weighted by atomic mass is 10.1. The van der Waals surface area contributed by atoms with E-state index in [4.69, 9.17) is 14.9 Å². The van der Waals surface area contributed by atoms with Gasteiger partial charge in [-0.1, -0.05) is 0 Å². The molecule has 1 saturated heterocycles. The zero-order valence-corrected chi connectivity index (χ0v) is 6.93. The summed E-state index contributed by atoms with van der Waals surface area (Å²) in [6.45, 7) is 4.16. The van der Waals surface area contributed by atoms with Crippen LogP contribution in [0.5, 0.6) is 0 Å². The number of ether oxygens (including phenoxy) is 2. The molecule has 0 amide bonds. The van der Waals surface area contributed by atoms with Gasteiger partial charge in [0.25, 0.3) is 0 Å². The first-order chi connectivity index (χ1) is 5.33. The number of nitrogens with one attached hydrogen (secondary N) is 1. The van der Waals surface area contributed by atoms with E-state index in [1.54, 1.807) is 0 Å². The molecule has 1 aliphatic rings. The minimum absolute atomic E-state index is 0.406. The van der Waals surface area contributed by atoms with Crippen LogP contribution in [0.3, 0.4) is 0 Å². The Morgan fingerprint density at radius 1 is 1.73 bits per heavy atom. The van der Waals surface area contributed by atoms with E-state index in [9.17, 15) is 0 Å². The molecule has 0 radical (unpaired) electrons. The summed E-state index contributed by atoms with van der Waals surface area (Å²) in [5.74, 6) is 0.928. The Labute approximate surface area is 67.2 Å². The van der Waals surface area contributed by atoms with Gasteiger partial charge in [0.05, 0.1) is 6.61 Å². The molecule has 1 heterocycles. The normalized spacial score (nSPS) is 23.5. The lowest BCUT2D eigenvalue weighted by molar-refractivity contribution is 0.185. The maximum absolute atomic E-state index is 7.38. The number of hydrogen-bond acceptors (Lipinski definition) is 3. The first-order valence-electron chi connectivity index (χ1n) is 4.11. The minimum atomic E-state index is 0.406. The van der Waals surface area contributed by atoms with Gasteiger partial charge in [0.15, 0.2) is 5.90 Å². The first-order valence-corrected chi connectivity index (χ1v) is 4.11. The fraction of sp³-hybridized carbons (Fsp3) is 0.875. The largest absolute Gasteiger partial charge is 0.481 e. The van der Waals surface area contributed by atoms with Gasteiger partial charge in [-0.05, 0) is 19.3 Å². The second-order valence-corrected chi connectivity index (χ2v) is 2.79. The van der Waals surface area contributed by atoms with E-state index in [1.165, 1.54) is 0 Å². The molecule has 3 heteroatoms. The zero-order valence-electron chi connectivity index (χ0n) is 6.93. The van der Waals surface area contributed by atoms with Crippen LogP contribution in [-0.2, 0) is 9.47 Å². The van der Waals surface area contributed by atoms with Crippen LogP contribution in [0.1, 0.15) is 19.8 Å². The highest BCUT2D eigenvalue weighted by Gasteiger charge is 2.17. The minimum Gasteiger partial charge on any atom is -0.481 e. The van der Waals surface area contributed by atoms with Gasteiger partial charge in [0.1, 0.15) is 0 Å². The summed E-state index contributed by atoms with van der Waals surface area (Å²) in [6, 6.07) is 0. The van der Waals surface area contributed by atoms with Crippen molar-refractivity contribution in [3.05, 3.63) is 0 Å². The maximum atomic E-state index is 7.38. The Bertz CT molecular complexity index is 130. The van der Waals surface area contributed by atoms with Gasteiger partial charge in [-0.25, -0.2) is 0 Å². The summed E-state index contributed by atoms with van der Waals surface area (Å²) in [5, 5.41) is 7.38. The summed E-state index contributed by atoms with van der Waals surface area (Å²) in [7, 11) is 0. The Hall–Kier alpha value is -0.570. The van der Waals surface area contributed by atoms with E-state index in [-0.39, 0.29) is 0 Å². The molecule has 0 spiro atoms. The molecule has 0 aliphatic carbocycles. The molecular weight excluding hydrogens is 142 g/mol. The predicted molar refractivity (Wildman–Crippen MR) is 42.9 cm³/mol. The van der Waals surface area contributed by atoms with Crippen LogP contribution in [0.15, 0.2) is 0 Å². The monoisotopic (exact) mass is 157 g/mol. The fourth-order valence-corrected chi connectivity index (χ4v) is 1.24. The van der Waals surface area contributed by atoms with Crippen molar-refractivity contribution in [2.24, 2.45) is 5.92 Å². The summed E-state index contributed by atoms with van der Waals surface area (Å²) >= 11 is 0. The van der Waals surface area contributed by atoms with Crippen molar-refractivity contribution in [1.29, 1.82) is 5.41 Å². The molecule has 1 fully saturated rings. The standard InChI is InChI=1S/C8H15NO2/c1-2-11-8(9)5-7-3-4-10-6-7/h7,9H,2-6H2,1H3. The smallest absolute Gasteiger partial charge is 0.180 e. The molecule has 0 saturated carbocycles. The molecule has 0 aromatic carbocycles. The lowest BCUT2D eigenvalue weighted by Crippen LogP contribution is -2.10. The lowest BCUT2D eigenvalue weighted by Gasteiger charge is -2.08. The Morgan fingerprint density at radius 3 is 3.09 bits per heavy atom. The van der Waals surface area contributed by atoms with E-state index >= 15 is 0 Å². The summed E-state index contributed by atoms with van der Waals surface area (Å²) < 4.78 is 10.2. The molecule has 64 valence electrons. The van der Waals surface area contributed by atoms with Gasteiger partial charge in [-0.3, -0.25) is 5.41 Å². The molecule has 0 aromatic rings. The summed E-state index contributed by atoms with van der Waals surface area (Å²) in [6.07, 6.45) is 1.82. The Balaban J connectivity index is 2.13. The van der Waals surface area contributed by atoms with Crippen molar-refractivity contribution in [3.8, 4) is 0 Å².